The fraction of sp³-hybridized carbons (Fsp3) is 0.500. The normalized spacial score (nSPS) is 23.8. The molecule has 3 heterocycles. The van der Waals surface area contributed by atoms with Gasteiger partial charge in [-0.25, -0.2) is 19.3 Å². The van der Waals surface area contributed by atoms with E-state index in [0.717, 1.165) is 10.9 Å². The summed E-state index contributed by atoms with van der Waals surface area (Å²) in [5.74, 6) is -0.565. The maximum Gasteiger partial charge on any atom is 0.278 e. The van der Waals surface area contributed by atoms with E-state index in [9.17, 15) is 43.5 Å². The molecule has 1 aliphatic rings. The summed E-state index contributed by atoms with van der Waals surface area (Å²) in [5.41, 5.74) is 14.3. The van der Waals surface area contributed by atoms with Gasteiger partial charge in [-0.15, -0.1) is 0 Å². The number of phosphoric ester groups is 1. The third-order valence-electron chi connectivity index (χ3n) is 4.01. The number of nitrogens with two attached hydrogens (primary N) is 1. The van der Waals surface area contributed by atoms with Crippen LogP contribution in [0.15, 0.2) is 11.4 Å². The summed E-state index contributed by atoms with van der Waals surface area (Å²) in [6, 6.07) is 0. The molecule has 2 aromatic heterocycles. The first-order valence-corrected chi connectivity index (χ1v) is 12.8. The van der Waals surface area contributed by atoms with Gasteiger partial charge in [-0.1, -0.05) is 0 Å². The highest BCUT2D eigenvalue weighted by Gasteiger charge is 2.46. The molecule has 1 aliphatic heterocycles. The molecule has 6 atom stereocenters. The molecule has 0 bridgehead atoms. The lowest BCUT2D eigenvalue weighted by molar-refractivity contribution is -0.339. The van der Waals surface area contributed by atoms with Gasteiger partial charge in [0, 0.05) is 4.91 Å². The maximum atomic E-state index is 11.7. The van der Waals surface area contributed by atoms with Crippen LogP contribution in [0.4, 0.5) is 11.8 Å². The minimum absolute atomic E-state index is 0. The molecule has 2 aromatic rings. The number of ether oxygens (including phenoxy) is 1. The average Bonchev–Trinajstić information content (AvgIpc) is 3.16. The molecule has 0 amide bonds. The molecule has 38 heavy (non-hydrogen) atoms. The largest absolute Gasteiger partial charge is 0.790 e. The van der Waals surface area contributed by atoms with Crippen molar-refractivity contribution in [3.63, 3.8) is 0 Å². The van der Waals surface area contributed by atoms with E-state index in [1.807, 2.05) is 0 Å². The zero-order valence-electron chi connectivity index (χ0n) is 20.0. The summed E-state index contributed by atoms with van der Waals surface area (Å²) >= 11 is 0. The third-order valence-corrected chi connectivity index (χ3v) is 7.67. The molecule has 0 radical (unpaired) electrons. The van der Waals surface area contributed by atoms with Crippen LogP contribution in [-0.4, -0.2) is 54.7 Å². The number of nitrogens with zero attached hydrogens (tertiary/aromatic N) is 7. The fourth-order valence-corrected chi connectivity index (χ4v) is 5.65. The van der Waals surface area contributed by atoms with Crippen molar-refractivity contribution >= 4 is 46.4 Å². The standard InChI is InChI=1S/C10H15N8O13P3.4H3N/c11-7-4-8(14-2-13-7)18(10(15-4)16-17-12)9-6(20)5(19)3(29-9)1-28-33(24,25)31-34(26,27)30-32(21,22)23;;;;/h2-3,5-6,9,19-20H,1H2,(H,24,25)(H,26,27)(H2,11,13,14)(H2,21,22,23);4*1H3/t3-,5-,6-,9-;;;;/m1..../s1. The lowest BCUT2D eigenvalue weighted by Gasteiger charge is -2.37. The van der Waals surface area contributed by atoms with Crippen molar-refractivity contribution in [1.29, 1.82) is 0 Å². The Morgan fingerprint density at radius 3 is 2.24 bits per heavy atom. The third kappa shape index (κ3) is 8.65. The molecule has 1 saturated heterocycles. The van der Waals surface area contributed by atoms with Gasteiger partial charge < -0.3 is 73.9 Å². The number of aliphatic hydroxyl groups is 2. The molecule has 3 rings (SSSR count). The van der Waals surface area contributed by atoms with E-state index in [1.165, 1.54) is 0 Å². The van der Waals surface area contributed by atoms with E-state index < -0.39 is 60.6 Å². The molecule has 0 spiro atoms. The Kier molecular flexibility index (Phi) is 13.7. The smallest absolute Gasteiger partial charge is 0.278 e. The Balaban J connectivity index is 0. The Labute approximate surface area is 211 Å². The first kappa shape index (κ1) is 37.9. The number of fused-ring (bicyclic) bond motifs is 1. The van der Waals surface area contributed by atoms with Crippen LogP contribution in [0.5, 0.6) is 0 Å². The van der Waals surface area contributed by atoms with E-state index in [1.54, 1.807) is 0 Å². The van der Waals surface area contributed by atoms with Gasteiger partial charge in [0.1, 0.15) is 24.6 Å². The first-order valence-electron chi connectivity index (χ1n) is 8.40. The first-order chi connectivity index (χ1) is 15.6. The highest BCUT2D eigenvalue weighted by molar-refractivity contribution is 7.64. The molecular formula is C10H27N12O13P3. The summed E-state index contributed by atoms with van der Waals surface area (Å²) in [6.07, 6.45) is -5.98. The van der Waals surface area contributed by atoms with E-state index in [-0.39, 0.29) is 41.6 Å². The quantitative estimate of drug-likeness (QED) is 0.0713. The predicted octanol–water partition coefficient (Wildman–Crippen LogP) is -1.71. The second-order valence-corrected chi connectivity index (χ2v) is 10.5. The Morgan fingerprint density at radius 2 is 1.68 bits per heavy atom. The van der Waals surface area contributed by atoms with Crippen LogP contribution < -0.4 is 49.9 Å². The number of hydrogen-bond donors (Lipinski definition) is 7. The number of azide groups is 1. The predicted molar refractivity (Wildman–Crippen MR) is 119 cm³/mol. The zero-order valence-corrected chi connectivity index (χ0v) is 22.7. The average molecular weight is 616 g/mol. The number of aliphatic hydroxyl groups excluding tert-OH is 2. The van der Waals surface area contributed by atoms with Crippen molar-refractivity contribution in [3.8, 4) is 0 Å². The number of anilines is 1. The second-order valence-electron chi connectivity index (χ2n) is 6.25. The molecule has 2 unspecified atom stereocenters. The summed E-state index contributed by atoms with van der Waals surface area (Å²) in [5, 5.41) is 23.9. The van der Waals surface area contributed by atoms with Crippen molar-refractivity contribution in [2.45, 2.75) is 24.5 Å². The minimum atomic E-state index is -6.20. The summed E-state index contributed by atoms with van der Waals surface area (Å²) in [6.45, 7) is -1.18. The highest BCUT2D eigenvalue weighted by Crippen LogP contribution is 2.60. The van der Waals surface area contributed by atoms with E-state index >= 15 is 0 Å². The molecule has 28 heteroatoms. The molecule has 20 N–H and O–H groups in total. The van der Waals surface area contributed by atoms with Gasteiger partial charge in [0.25, 0.3) is 15.6 Å². The Morgan fingerprint density at radius 1 is 1.08 bits per heavy atom. The van der Waals surface area contributed by atoms with E-state index in [4.69, 9.17) is 16.0 Å². The number of phosphoric acid groups is 3. The summed E-state index contributed by atoms with van der Waals surface area (Å²) in [7, 11) is -18.3. The molecule has 0 aromatic carbocycles. The Hall–Kier alpha value is -2.21. The van der Waals surface area contributed by atoms with Crippen molar-refractivity contribution in [2.24, 2.45) is 5.11 Å². The van der Waals surface area contributed by atoms with Crippen molar-refractivity contribution in [1.82, 2.24) is 44.1 Å². The Bertz CT molecular complexity index is 1280. The zero-order chi connectivity index (χ0) is 25.5. The summed E-state index contributed by atoms with van der Waals surface area (Å²) < 4.78 is 50.1. The van der Waals surface area contributed by atoms with E-state index in [2.05, 4.69) is 38.1 Å². The second kappa shape index (κ2) is 13.7. The van der Waals surface area contributed by atoms with Gasteiger partial charge >= 0.3 is 0 Å². The van der Waals surface area contributed by atoms with Gasteiger partial charge in [0.15, 0.2) is 23.2 Å². The summed E-state index contributed by atoms with van der Waals surface area (Å²) in [4.78, 5) is 57.6. The van der Waals surface area contributed by atoms with Crippen LogP contribution in [0.2, 0.25) is 0 Å². The number of nitrogen functional groups attached to an aromatic ring is 1. The number of hydrogen-bond acceptors (Lipinski definition) is 18. The van der Waals surface area contributed by atoms with Gasteiger partial charge in [-0.3, -0.25) is 18.0 Å². The van der Waals surface area contributed by atoms with Gasteiger partial charge in [-0.2, -0.15) is 0 Å². The van der Waals surface area contributed by atoms with Gasteiger partial charge in [0.05, 0.1) is 14.4 Å². The van der Waals surface area contributed by atoms with E-state index in [0.29, 0.717) is 0 Å². The van der Waals surface area contributed by atoms with Crippen molar-refractivity contribution < 1.29 is 61.4 Å². The topological polar surface area (TPSA) is 485 Å². The molecule has 0 aliphatic carbocycles. The molecule has 25 nitrogen and oxygen atoms in total. The lowest BCUT2D eigenvalue weighted by atomic mass is 10.1. The monoisotopic (exact) mass is 616 g/mol. The number of rotatable bonds is 9. The molecule has 1 fully saturated rings. The van der Waals surface area contributed by atoms with Gasteiger partial charge in [0.2, 0.25) is 5.95 Å². The van der Waals surface area contributed by atoms with Crippen LogP contribution in [0.3, 0.4) is 0 Å². The SMILES string of the molecule is [N-]=[N+]=Nc1nc2c(N)ncnc2n1[C@@H]1O[C@H](COP(=O)([O-])OP(=O)([O-])OP(=O)([O-])[O-])[C@@H](O)[C@H]1O.[NH4+].[NH4+].[NH4+].[NH4+]. The lowest BCUT2D eigenvalue weighted by Crippen LogP contribution is -2.34. The number of quaternary nitrogens is 4. The highest BCUT2D eigenvalue weighted by atomic mass is 31.3. The number of imidazole rings is 1. The van der Waals surface area contributed by atoms with Crippen LogP contribution in [0.1, 0.15) is 6.23 Å². The molecule has 0 saturated carbocycles. The van der Waals surface area contributed by atoms with Crippen LogP contribution in [0, 0.1) is 0 Å². The van der Waals surface area contributed by atoms with Crippen molar-refractivity contribution in [3.05, 3.63) is 16.8 Å². The molecule has 220 valence electrons. The van der Waals surface area contributed by atoms with Crippen LogP contribution in [-0.2, 0) is 31.6 Å². The number of aromatic nitrogens is 4. The van der Waals surface area contributed by atoms with Crippen LogP contribution in [0.25, 0.3) is 21.6 Å². The molecular weight excluding hydrogens is 589 g/mol. The fourth-order valence-electron chi connectivity index (χ4n) is 2.79. The van der Waals surface area contributed by atoms with Crippen molar-refractivity contribution in [2.75, 3.05) is 12.3 Å². The van der Waals surface area contributed by atoms with Crippen LogP contribution >= 0.6 is 23.5 Å². The van der Waals surface area contributed by atoms with Gasteiger partial charge in [-0.05, 0) is 10.6 Å². The minimum Gasteiger partial charge on any atom is -0.790 e. The maximum absolute atomic E-state index is 11.7.